The zero-order valence-electron chi connectivity index (χ0n) is 10.4. The van der Waals surface area contributed by atoms with E-state index in [1.54, 1.807) is 0 Å². The number of hydrogen-bond acceptors (Lipinski definition) is 1. The molecule has 18 heavy (non-hydrogen) atoms. The summed E-state index contributed by atoms with van der Waals surface area (Å²) in [5.74, 6) is 0. The van der Waals surface area contributed by atoms with E-state index in [0.29, 0.717) is 0 Å². The fraction of sp³-hybridized carbons (Fsp3) is 0.176. The molecule has 1 heteroatoms. The van der Waals surface area contributed by atoms with Crippen molar-refractivity contribution < 1.29 is 0 Å². The first kappa shape index (κ1) is 11.1. The van der Waals surface area contributed by atoms with Gasteiger partial charge in [-0.25, -0.2) is 0 Å². The van der Waals surface area contributed by atoms with Crippen molar-refractivity contribution in [3.8, 4) is 0 Å². The van der Waals surface area contributed by atoms with Gasteiger partial charge >= 0.3 is 0 Å². The second-order valence-corrected chi connectivity index (χ2v) is 4.65. The zero-order valence-corrected chi connectivity index (χ0v) is 10.4. The van der Waals surface area contributed by atoms with Gasteiger partial charge in [0.15, 0.2) is 0 Å². The molecule has 0 unspecified atom stereocenters. The molecule has 0 aromatic heterocycles. The molecule has 1 nitrogen and oxygen atoms in total. The molecule has 0 saturated heterocycles. The van der Waals surface area contributed by atoms with Crippen molar-refractivity contribution in [1.29, 1.82) is 0 Å². The van der Waals surface area contributed by atoms with Gasteiger partial charge in [-0.15, -0.1) is 0 Å². The van der Waals surface area contributed by atoms with Crippen LogP contribution in [0.15, 0.2) is 60.7 Å². The summed E-state index contributed by atoms with van der Waals surface area (Å²) in [7, 11) is 0. The van der Waals surface area contributed by atoms with Crippen molar-refractivity contribution in [2.24, 2.45) is 0 Å². The maximum atomic E-state index is 3.56. The van der Waals surface area contributed by atoms with Crippen LogP contribution in [0.1, 0.15) is 23.1 Å². The van der Waals surface area contributed by atoms with Gasteiger partial charge in [-0.1, -0.05) is 60.7 Å². The molecule has 0 heterocycles. The molecule has 0 atom stereocenters. The van der Waals surface area contributed by atoms with E-state index in [9.17, 15) is 0 Å². The van der Waals surface area contributed by atoms with Crippen LogP contribution < -0.4 is 5.32 Å². The van der Waals surface area contributed by atoms with E-state index in [-0.39, 0.29) is 0 Å². The van der Waals surface area contributed by atoms with Crippen LogP contribution in [0.4, 0.5) is 0 Å². The summed E-state index contributed by atoms with van der Waals surface area (Å²) >= 11 is 0. The highest BCUT2D eigenvalue weighted by Crippen LogP contribution is 2.24. The lowest BCUT2D eigenvalue weighted by atomic mass is 9.94. The highest BCUT2D eigenvalue weighted by Gasteiger charge is 2.10. The molecule has 1 aliphatic rings. The number of hydrogen-bond donors (Lipinski definition) is 1. The molecule has 0 aliphatic heterocycles. The Balaban J connectivity index is 1.76. The first-order valence-electron chi connectivity index (χ1n) is 6.50. The Morgan fingerprint density at radius 1 is 0.889 bits per heavy atom. The third-order valence-electron chi connectivity index (χ3n) is 3.40. The van der Waals surface area contributed by atoms with Crippen LogP contribution in [0.5, 0.6) is 0 Å². The highest BCUT2D eigenvalue weighted by atomic mass is 14.9. The van der Waals surface area contributed by atoms with Gasteiger partial charge in [0.05, 0.1) is 0 Å². The van der Waals surface area contributed by atoms with E-state index in [2.05, 4.69) is 66.0 Å². The fourth-order valence-corrected chi connectivity index (χ4v) is 2.44. The largest absolute Gasteiger partial charge is 0.381 e. The van der Waals surface area contributed by atoms with Crippen molar-refractivity contribution in [2.45, 2.75) is 19.4 Å². The van der Waals surface area contributed by atoms with E-state index in [1.807, 2.05) is 0 Å². The minimum atomic E-state index is 0.890. The molecule has 0 amide bonds. The average molecular weight is 235 g/mol. The Bertz CT molecular complexity index is 555. The average Bonchev–Trinajstić information content (AvgIpc) is 2.46. The van der Waals surface area contributed by atoms with E-state index in [4.69, 9.17) is 0 Å². The summed E-state index contributed by atoms with van der Waals surface area (Å²) in [6.45, 7) is 0.890. The second-order valence-electron chi connectivity index (χ2n) is 4.65. The second kappa shape index (κ2) is 5.09. The van der Waals surface area contributed by atoms with Crippen molar-refractivity contribution in [1.82, 2.24) is 5.32 Å². The summed E-state index contributed by atoms with van der Waals surface area (Å²) in [5.41, 5.74) is 5.41. The predicted octanol–water partition coefficient (Wildman–Crippen LogP) is 3.76. The summed E-state index contributed by atoms with van der Waals surface area (Å²) in [6, 6.07) is 19.2. The van der Waals surface area contributed by atoms with Gasteiger partial charge in [0.2, 0.25) is 0 Å². The third kappa shape index (κ3) is 2.30. The van der Waals surface area contributed by atoms with Gasteiger partial charge in [0.1, 0.15) is 0 Å². The van der Waals surface area contributed by atoms with Crippen LogP contribution in [0.3, 0.4) is 0 Å². The lowest BCUT2D eigenvalue weighted by Crippen LogP contribution is -2.15. The maximum absolute atomic E-state index is 3.56. The van der Waals surface area contributed by atoms with Crippen molar-refractivity contribution in [2.75, 3.05) is 0 Å². The Kier molecular flexibility index (Phi) is 3.14. The van der Waals surface area contributed by atoms with Crippen LogP contribution >= 0.6 is 0 Å². The van der Waals surface area contributed by atoms with Crippen LogP contribution in [0.25, 0.3) is 5.70 Å². The summed E-state index contributed by atoms with van der Waals surface area (Å²) in [4.78, 5) is 0. The molecule has 2 aromatic rings. The standard InChI is InChI=1S/C17H17N/c1-2-7-14(8-3-1)13-18-17-12-6-10-15-9-4-5-11-16(15)17/h1-5,7-9,11-12,18H,6,10,13H2. The van der Waals surface area contributed by atoms with E-state index >= 15 is 0 Å². The lowest BCUT2D eigenvalue weighted by molar-refractivity contribution is 0.860. The zero-order chi connectivity index (χ0) is 12.2. The van der Waals surface area contributed by atoms with E-state index < -0.39 is 0 Å². The minimum absolute atomic E-state index is 0.890. The van der Waals surface area contributed by atoms with Crippen LogP contribution in [-0.2, 0) is 13.0 Å². The third-order valence-corrected chi connectivity index (χ3v) is 3.40. The molecule has 0 bridgehead atoms. The highest BCUT2D eigenvalue weighted by molar-refractivity contribution is 5.68. The molecule has 0 radical (unpaired) electrons. The molecule has 90 valence electrons. The number of benzene rings is 2. The van der Waals surface area contributed by atoms with Crippen molar-refractivity contribution in [3.05, 3.63) is 77.4 Å². The molecule has 3 rings (SSSR count). The quantitative estimate of drug-likeness (QED) is 0.854. The molecule has 1 N–H and O–H groups in total. The van der Waals surface area contributed by atoms with Crippen molar-refractivity contribution in [3.63, 3.8) is 0 Å². The summed E-state index contributed by atoms with van der Waals surface area (Å²) < 4.78 is 0. The van der Waals surface area contributed by atoms with Gasteiger partial charge in [-0.3, -0.25) is 0 Å². The van der Waals surface area contributed by atoms with E-state index in [0.717, 1.165) is 19.4 Å². The Labute approximate surface area is 108 Å². The number of aryl methyl sites for hydroxylation is 1. The molecule has 0 fully saturated rings. The number of nitrogens with one attached hydrogen (secondary N) is 1. The molecule has 2 aromatic carbocycles. The number of allylic oxidation sites excluding steroid dienone is 1. The van der Waals surface area contributed by atoms with Crippen LogP contribution in [0.2, 0.25) is 0 Å². The summed E-state index contributed by atoms with van der Waals surface area (Å²) in [6.07, 6.45) is 4.60. The van der Waals surface area contributed by atoms with Crippen molar-refractivity contribution >= 4 is 5.70 Å². The minimum Gasteiger partial charge on any atom is -0.381 e. The Hall–Kier alpha value is -2.02. The lowest BCUT2D eigenvalue weighted by Gasteiger charge is -2.19. The van der Waals surface area contributed by atoms with Crippen LogP contribution in [-0.4, -0.2) is 0 Å². The first-order chi connectivity index (χ1) is 8.93. The number of fused-ring (bicyclic) bond motifs is 1. The molecular weight excluding hydrogens is 218 g/mol. The monoisotopic (exact) mass is 235 g/mol. The topological polar surface area (TPSA) is 12.0 Å². The summed E-state index contributed by atoms with van der Waals surface area (Å²) in [5, 5.41) is 3.56. The van der Waals surface area contributed by atoms with Gasteiger partial charge in [-0.2, -0.15) is 0 Å². The van der Waals surface area contributed by atoms with Gasteiger partial charge in [-0.05, 0) is 24.0 Å². The Morgan fingerprint density at radius 3 is 2.56 bits per heavy atom. The van der Waals surface area contributed by atoms with Gasteiger partial charge in [0.25, 0.3) is 0 Å². The molecular formula is C17H17N. The van der Waals surface area contributed by atoms with Gasteiger partial charge in [0, 0.05) is 17.8 Å². The predicted molar refractivity (Wildman–Crippen MR) is 76.0 cm³/mol. The SMILES string of the molecule is C1=C(NCc2ccccc2)c2ccccc2CC1. The first-order valence-corrected chi connectivity index (χ1v) is 6.50. The van der Waals surface area contributed by atoms with E-state index in [1.165, 1.54) is 22.4 Å². The molecule has 0 saturated carbocycles. The Morgan fingerprint density at radius 2 is 1.67 bits per heavy atom. The van der Waals surface area contributed by atoms with Gasteiger partial charge < -0.3 is 5.32 Å². The fourth-order valence-electron chi connectivity index (χ4n) is 2.44. The molecule has 0 spiro atoms. The number of rotatable bonds is 3. The smallest absolute Gasteiger partial charge is 0.0400 e. The maximum Gasteiger partial charge on any atom is 0.0400 e. The van der Waals surface area contributed by atoms with Crippen LogP contribution in [0, 0.1) is 0 Å². The molecule has 1 aliphatic carbocycles. The normalized spacial score (nSPS) is 13.7.